The number of thioether (sulfide) groups is 1. The maximum Gasteiger partial charge on any atom is 0.234 e. The van der Waals surface area contributed by atoms with Crippen molar-refractivity contribution in [2.75, 3.05) is 11.1 Å². The van der Waals surface area contributed by atoms with Crippen LogP contribution in [0.3, 0.4) is 0 Å². The fourth-order valence-corrected chi connectivity index (χ4v) is 4.20. The molecule has 1 N–H and O–H groups in total. The number of rotatable bonds is 8. The van der Waals surface area contributed by atoms with Gasteiger partial charge >= 0.3 is 0 Å². The Morgan fingerprint density at radius 3 is 2.55 bits per heavy atom. The molecular formula is C25H22ClFN4OS. The molecule has 0 fully saturated rings. The zero-order valence-electron chi connectivity index (χ0n) is 18.0. The van der Waals surface area contributed by atoms with Gasteiger partial charge in [0, 0.05) is 11.4 Å². The molecule has 3 aromatic carbocycles. The summed E-state index contributed by atoms with van der Waals surface area (Å²) in [6.07, 6.45) is 0.614. The topological polar surface area (TPSA) is 59.8 Å². The van der Waals surface area contributed by atoms with Crippen LogP contribution >= 0.6 is 23.4 Å². The Morgan fingerprint density at radius 2 is 1.79 bits per heavy atom. The Hall–Kier alpha value is -3.16. The van der Waals surface area contributed by atoms with Crippen molar-refractivity contribution in [3.05, 3.63) is 106 Å². The van der Waals surface area contributed by atoms with Gasteiger partial charge in [0.15, 0.2) is 5.16 Å². The average molecular weight is 481 g/mol. The van der Waals surface area contributed by atoms with E-state index in [1.807, 2.05) is 66.1 Å². The van der Waals surface area contributed by atoms with E-state index in [9.17, 15) is 9.18 Å². The van der Waals surface area contributed by atoms with Crippen LogP contribution in [0, 0.1) is 12.7 Å². The van der Waals surface area contributed by atoms with Gasteiger partial charge in [-0.1, -0.05) is 71.9 Å². The summed E-state index contributed by atoms with van der Waals surface area (Å²) in [7, 11) is 0. The van der Waals surface area contributed by atoms with Crippen molar-refractivity contribution >= 4 is 35.0 Å². The Kier molecular flexibility index (Phi) is 7.42. The predicted molar refractivity (Wildman–Crippen MR) is 130 cm³/mol. The van der Waals surface area contributed by atoms with E-state index in [1.54, 1.807) is 12.1 Å². The zero-order chi connectivity index (χ0) is 23.2. The Labute approximate surface area is 201 Å². The largest absolute Gasteiger partial charge is 0.323 e. The van der Waals surface area contributed by atoms with E-state index >= 15 is 0 Å². The van der Waals surface area contributed by atoms with E-state index in [0.717, 1.165) is 22.5 Å². The Morgan fingerprint density at radius 1 is 1.03 bits per heavy atom. The number of benzene rings is 3. The third-order valence-corrected chi connectivity index (χ3v) is 6.20. The van der Waals surface area contributed by atoms with Crippen LogP contribution in [0.5, 0.6) is 0 Å². The molecule has 0 aliphatic carbocycles. The lowest BCUT2D eigenvalue weighted by Crippen LogP contribution is -2.16. The molecule has 4 aromatic rings. The van der Waals surface area contributed by atoms with Crippen molar-refractivity contribution in [1.82, 2.24) is 14.8 Å². The Bertz CT molecular complexity index is 1250. The molecule has 4 rings (SSSR count). The predicted octanol–water partition coefficient (Wildman–Crippen LogP) is 5.75. The molecule has 5 nitrogen and oxygen atoms in total. The lowest BCUT2D eigenvalue weighted by atomic mass is 10.1. The van der Waals surface area contributed by atoms with Gasteiger partial charge in [0.1, 0.15) is 11.6 Å². The van der Waals surface area contributed by atoms with Gasteiger partial charge in [0.05, 0.1) is 18.0 Å². The van der Waals surface area contributed by atoms with Crippen LogP contribution < -0.4 is 5.32 Å². The number of nitrogens with one attached hydrogen (secondary N) is 1. The number of carbonyl (C=O) groups excluding carboxylic acids is 1. The molecule has 8 heteroatoms. The standard InChI is InChI=1S/C25H22ClFN4OS/c1-17-7-12-21(27)22(13-17)28-24(32)16-33-25-30-29-23(14-18-5-3-2-4-6-18)31(25)15-19-8-10-20(26)11-9-19/h2-13H,14-16H2,1H3,(H,28,32). The van der Waals surface area contributed by atoms with Crippen molar-refractivity contribution in [3.8, 4) is 0 Å². The number of nitrogens with zero attached hydrogens (tertiary/aromatic N) is 3. The number of halogens is 2. The number of carbonyl (C=O) groups is 1. The van der Waals surface area contributed by atoms with E-state index in [-0.39, 0.29) is 17.3 Å². The monoisotopic (exact) mass is 480 g/mol. The summed E-state index contributed by atoms with van der Waals surface area (Å²) in [5.41, 5.74) is 3.20. The van der Waals surface area contributed by atoms with Crippen LogP contribution in [0.15, 0.2) is 78.0 Å². The van der Waals surface area contributed by atoms with Gasteiger partial charge in [-0.25, -0.2) is 4.39 Å². The number of anilines is 1. The molecule has 1 aromatic heterocycles. The second-order valence-corrected chi connectivity index (χ2v) is 8.97. The molecule has 0 aliphatic heterocycles. The van der Waals surface area contributed by atoms with Gasteiger partial charge in [-0.15, -0.1) is 10.2 Å². The smallest absolute Gasteiger partial charge is 0.234 e. The molecule has 0 aliphatic rings. The van der Waals surface area contributed by atoms with Gasteiger partial charge in [-0.2, -0.15) is 0 Å². The number of amides is 1. The highest BCUT2D eigenvalue weighted by Crippen LogP contribution is 2.22. The third kappa shape index (κ3) is 6.21. The molecule has 0 spiro atoms. The van der Waals surface area contributed by atoms with Crippen molar-refractivity contribution < 1.29 is 9.18 Å². The minimum absolute atomic E-state index is 0.0808. The summed E-state index contributed by atoms with van der Waals surface area (Å²) >= 11 is 7.30. The normalized spacial score (nSPS) is 10.9. The molecule has 1 amide bonds. The second-order valence-electron chi connectivity index (χ2n) is 7.59. The summed E-state index contributed by atoms with van der Waals surface area (Å²) in [5.74, 6) is 0.103. The van der Waals surface area contributed by atoms with Gasteiger partial charge in [-0.3, -0.25) is 4.79 Å². The van der Waals surface area contributed by atoms with Crippen molar-refractivity contribution in [2.24, 2.45) is 0 Å². The first-order chi connectivity index (χ1) is 16.0. The van der Waals surface area contributed by atoms with E-state index in [2.05, 4.69) is 15.5 Å². The van der Waals surface area contributed by atoms with Crippen LogP contribution in [0.1, 0.15) is 22.5 Å². The summed E-state index contributed by atoms with van der Waals surface area (Å²) in [5, 5.41) is 12.6. The molecule has 0 atom stereocenters. The molecular weight excluding hydrogens is 459 g/mol. The molecule has 33 heavy (non-hydrogen) atoms. The number of aromatic nitrogens is 3. The molecule has 0 saturated carbocycles. The SMILES string of the molecule is Cc1ccc(F)c(NC(=O)CSc2nnc(Cc3ccccc3)n2Cc2ccc(Cl)cc2)c1. The van der Waals surface area contributed by atoms with Crippen LogP contribution in [0.2, 0.25) is 5.02 Å². The van der Waals surface area contributed by atoms with E-state index in [1.165, 1.54) is 17.8 Å². The van der Waals surface area contributed by atoms with E-state index < -0.39 is 5.82 Å². The first-order valence-corrected chi connectivity index (χ1v) is 11.7. The highest BCUT2D eigenvalue weighted by atomic mass is 35.5. The molecule has 0 saturated heterocycles. The number of hydrogen-bond donors (Lipinski definition) is 1. The van der Waals surface area contributed by atoms with Crippen molar-refractivity contribution in [3.63, 3.8) is 0 Å². The zero-order valence-corrected chi connectivity index (χ0v) is 19.5. The van der Waals surface area contributed by atoms with Crippen LogP contribution in [0.4, 0.5) is 10.1 Å². The third-order valence-electron chi connectivity index (χ3n) is 4.98. The van der Waals surface area contributed by atoms with Gasteiger partial charge in [0.2, 0.25) is 5.91 Å². The molecule has 168 valence electrons. The van der Waals surface area contributed by atoms with Crippen molar-refractivity contribution in [1.29, 1.82) is 0 Å². The van der Waals surface area contributed by atoms with Crippen LogP contribution in [-0.2, 0) is 17.8 Å². The summed E-state index contributed by atoms with van der Waals surface area (Å²) < 4.78 is 16.0. The summed E-state index contributed by atoms with van der Waals surface area (Å²) in [6, 6.07) is 22.2. The Balaban J connectivity index is 1.51. The maximum atomic E-state index is 14.0. The lowest BCUT2D eigenvalue weighted by Gasteiger charge is -2.11. The van der Waals surface area contributed by atoms with Gasteiger partial charge < -0.3 is 9.88 Å². The van der Waals surface area contributed by atoms with Crippen LogP contribution in [-0.4, -0.2) is 26.4 Å². The first kappa shape index (κ1) is 23.0. The first-order valence-electron chi connectivity index (χ1n) is 10.4. The molecule has 0 bridgehead atoms. The number of aryl methyl sites for hydroxylation is 1. The maximum absolute atomic E-state index is 14.0. The summed E-state index contributed by atoms with van der Waals surface area (Å²) in [4.78, 5) is 12.5. The van der Waals surface area contributed by atoms with E-state index in [0.29, 0.717) is 23.1 Å². The van der Waals surface area contributed by atoms with Gasteiger partial charge in [-0.05, 0) is 47.9 Å². The fraction of sp³-hybridized carbons (Fsp3) is 0.160. The minimum Gasteiger partial charge on any atom is -0.323 e. The van der Waals surface area contributed by atoms with Gasteiger partial charge in [0.25, 0.3) is 0 Å². The number of hydrogen-bond acceptors (Lipinski definition) is 4. The second kappa shape index (κ2) is 10.6. The lowest BCUT2D eigenvalue weighted by molar-refractivity contribution is -0.113. The highest BCUT2D eigenvalue weighted by Gasteiger charge is 2.16. The molecule has 1 heterocycles. The fourth-order valence-electron chi connectivity index (χ4n) is 3.32. The van der Waals surface area contributed by atoms with E-state index in [4.69, 9.17) is 11.6 Å². The highest BCUT2D eigenvalue weighted by molar-refractivity contribution is 7.99. The molecule has 0 unspecified atom stereocenters. The average Bonchev–Trinajstić information content (AvgIpc) is 3.18. The summed E-state index contributed by atoms with van der Waals surface area (Å²) in [6.45, 7) is 2.39. The minimum atomic E-state index is -0.463. The molecule has 0 radical (unpaired) electrons. The quantitative estimate of drug-likeness (QED) is 0.326. The van der Waals surface area contributed by atoms with Crippen molar-refractivity contribution in [2.45, 2.75) is 25.0 Å². The van der Waals surface area contributed by atoms with Crippen LogP contribution in [0.25, 0.3) is 0 Å².